The molecular formula is C14H14O2. The average Bonchev–Trinajstić information content (AvgIpc) is 2.29. The van der Waals surface area contributed by atoms with Crippen LogP contribution in [0.15, 0.2) is 24.3 Å². The fourth-order valence-corrected chi connectivity index (χ4v) is 1.99. The smallest absolute Gasteiger partial charge is 0.137 e. The van der Waals surface area contributed by atoms with Crippen molar-refractivity contribution in [1.82, 2.24) is 0 Å². The molecule has 0 heterocycles. The summed E-state index contributed by atoms with van der Waals surface area (Å²) in [6, 6.07) is 6.13. The van der Waals surface area contributed by atoms with Gasteiger partial charge >= 0.3 is 0 Å². The molecule has 0 aromatic heterocycles. The third-order valence-electron chi connectivity index (χ3n) is 2.83. The molecule has 1 aliphatic carbocycles. The zero-order valence-electron chi connectivity index (χ0n) is 9.11. The first-order valence-corrected chi connectivity index (χ1v) is 5.53. The van der Waals surface area contributed by atoms with Gasteiger partial charge in [0, 0.05) is 19.3 Å². The number of hydrogen-bond acceptors (Lipinski definition) is 2. The van der Waals surface area contributed by atoms with Crippen molar-refractivity contribution >= 4 is 18.1 Å². The van der Waals surface area contributed by atoms with E-state index in [0.29, 0.717) is 25.0 Å². The van der Waals surface area contributed by atoms with Crippen LogP contribution in [-0.2, 0) is 22.4 Å². The summed E-state index contributed by atoms with van der Waals surface area (Å²) < 4.78 is 0. The zero-order valence-corrected chi connectivity index (χ0v) is 9.11. The fraction of sp³-hybridized carbons (Fsp3) is 0.286. The largest absolute Gasteiger partial charge is 0.303 e. The molecule has 0 amide bonds. The quantitative estimate of drug-likeness (QED) is 0.724. The molecule has 16 heavy (non-hydrogen) atoms. The molecule has 0 bridgehead atoms. The Hall–Kier alpha value is -1.70. The van der Waals surface area contributed by atoms with Crippen molar-refractivity contribution < 1.29 is 9.59 Å². The monoisotopic (exact) mass is 214 g/mol. The van der Waals surface area contributed by atoms with Gasteiger partial charge in [0.15, 0.2) is 0 Å². The molecule has 0 radical (unpaired) electrons. The molecule has 0 atom stereocenters. The molecule has 0 aliphatic heterocycles. The van der Waals surface area contributed by atoms with Crippen LogP contribution in [0.3, 0.4) is 0 Å². The second kappa shape index (κ2) is 4.88. The minimum Gasteiger partial charge on any atom is -0.303 e. The molecule has 1 aliphatic rings. The van der Waals surface area contributed by atoms with Crippen molar-refractivity contribution in [2.24, 2.45) is 0 Å². The third-order valence-corrected chi connectivity index (χ3v) is 2.83. The normalized spacial score (nSPS) is 15.1. The highest BCUT2D eigenvalue weighted by molar-refractivity contribution is 5.83. The lowest BCUT2D eigenvalue weighted by Gasteiger charge is -2.14. The maximum atomic E-state index is 11.3. The number of rotatable bonds is 3. The lowest BCUT2D eigenvalue weighted by Crippen LogP contribution is -2.13. The van der Waals surface area contributed by atoms with Crippen molar-refractivity contribution in [3.05, 3.63) is 41.0 Å². The number of hydrogen-bond donors (Lipinski definition) is 0. The maximum absolute atomic E-state index is 11.3. The van der Waals surface area contributed by atoms with E-state index >= 15 is 0 Å². The number of aldehydes is 1. The lowest BCUT2D eigenvalue weighted by atomic mass is 9.89. The minimum absolute atomic E-state index is 0.330. The Morgan fingerprint density at radius 1 is 1.19 bits per heavy atom. The van der Waals surface area contributed by atoms with Gasteiger partial charge in [0.2, 0.25) is 0 Å². The van der Waals surface area contributed by atoms with Gasteiger partial charge in [-0.25, -0.2) is 0 Å². The second-order valence-corrected chi connectivity index (χ2v) is 4.05. The summed E-state index contributed by atoms with van der Waals surface area (Å²) in [6.45, 7) is 0. The Balaban J connectivity index is 2.19. The van der Waals surface area contributed by atoms with Gasteiger partial charge in [0.1, 0.15) is 12.1 Å². The molecule has 1 aromatic carbocycles. The fourth-order valence-electron chi connectivity index (χ4n) is 1.99. The van der Waals surface area contributed by atoms with Crippen LogP contribution in [0.4, 0.5) is 0 Å². The molecular weight excluding hydrogens is 200 g/mol. The van der Waals surface area contributed by atoms with Crippen LogP contribution in [-0.4, -0.2) is 12.1 Å². The highest BCUT2D eigenvalue weighted by atomic mass is 16.1. The van der Waals surface area contributed by atoms with Crippen LogP contribution >= 0.6 is 0 Å². The van der Waals surface area contributed by atoms with Crippen LogP contribution in [0.5, 0.6) is 0 Å². The predicted molar refractivity (Wildman–Crippen MR) is 63.2 cm³/mol. The number of aryl methyl sites for hydroxylation is 1. The number of carbonyl (C=O) groups excluding carboxylic acids is 2. The van der Waals surface area contributed by atoms with Crippen molar-refractivity contribution in [3.8, 4) is 0 Å². The van der Waals surface area contributed by atoms with Gasteiger partial charge in [-0.1, -0.05) is 30.4 Å². The van der Waals surface area contributed by atoms with Crippen molar-refractivity contribution in [2.45, 2.75) is 25.7 Å². The molecule has 0 unspecified atom stereocenters. The summed E-state index contributed by atoms with van der Waals surface area (Å²) in [6.07, 6.45) is 7.22. The van der Waals surface area contributed by atoms with Crippen molar-refractivity contribution in [2.75, 3.05) is 0 Å². The highest BCUT2D eigenvalue weighted by Crippen LogP contribution is 2.21. The Morgan fingerprint density at radius 3 is 2.88 bits per heavy atom. The summed E-state index contributed by atoms with van der Waals surface area (Å²) >= 11 is 0. The summed E-state index contributed by atoms with van der Waals surface area (Å²) in [4.78, 5) is 21.4. The van der Waals surface area contributed by atoms with Crippen molar-refractivity contribution in [1.29, 1.82) is 0 Å². The molecule has 0 saturated carbocycles. The number of Topliss-reactive ketones (excluding diaryl/α,β-unsaturated/α-hetero) is 1. The molecule has 2 heteroatoms. The van der Waals surface area contributed by atoms with Gasteiger partial charge in [-0.2, -0.15) is 0 Å². The first-order valence-electron chi connectivity index (χ1n) is 5.53. The van der Waals surface area contributed by atoms with Crippen LogP contribution in [0, 0.1) is 0 Å². The standard InChI is InChI=1S/C14H14O2/c15-8-2-1-3-11-4-5-13-10-14(16)7-6-12(13)9-11/h1,3-5,8-9H,2,6-7,10H2. The van der Waals surface area contributed by atoms with E-state index < -0.39 is 0 Å². The zero-order chi connectivity index (χ0) is 11.4. The molecule has 82 valence electrons. The second-order valence-electron chi connectivity index (χ2n) is 4.05. The first kappa shape index (κ1) is 10.8. The summed E-state index contributed by atoms with van der Waals surface area (Å²) in [5.74, 6) is 0.330. The SMILES string of the molecule is O=CCC=Cc1ccc2c(c1)CCC(=O)C2. The van der Waals surface area contributed by atoms with E-state index in [-0.39, 0.29) is 0 Å². The van der Waals surface area contributed by atoms with E-state index in [9.17, 15) is 9.59 Å². The van der Waals surface area contributed by atoms with Gasteiger partial charge in [-0.05, 0) is 23.1 Å². The van der Waals surface area contributed by atoms with E-state index in [1.807, 2.05) is 24.3 Å². The minimum atomic E-state index is 0.330. The first-order chi connectivity index (χ1) is 7.79. The van der Waals surface area contributed by atoms with E-state index in [1.165, 1.54) is 5.56 Å². The number of allylic oxidation sites excluding steroid dienone is 1. The number of ketones is 1. The van der Waals surface area contributed by atoms with Crippen LogP contribution in [0.1, 0.15) is 29.5 Å². The highest BCUT2D eigenvalue weighted by Gasteiger charge is 2.14. The summed E-state index contributed by atoms with van der Waals surface area (Å²) in [5, 5.41) is 0. The van der Waals surface area contributed by atoms with E-state index in [4.69, 9.17) is 0 Å². The molecule has 0 spiro atoms. The Bertz CT molecular complexity index is 444. The van der Waals surface area contributed by atoms with Gasteiger partial charge in [0.05, 0.1) is 0 Å². The molecule has 2 nitrogen and oxygen atoms in total. The molecule has 0 N–H and O–H groups in total. The van der Waals surface area contributed by atoms with E-state index in [2.05, 4.69) is 6.07 Å². The van der Waals surface area contributed by atoms with Gasteiger partial charge in [-0.15, -0.1) is 0 Å². The van der Waals surface area contributed by atoms with Crippen LogP contribution < -0.4 is 0 Å². The van der Waals surface area contributed by atoms with Crippen LogP contribution in [0.25, 0.3) is 6.08 Å². The molecule has 1 aromatic rings. The number of fused-ring (bicyclic) bond motifs is 1. The summed E-state index contributed by atoms with van der Waals surface area (Å²) in [7, 11) is 0. The lowest BCUT2D eigenvalue weighted by molar-refractivity contribution is -0.118. The predicted octanol–water partition coefficient (Wildman–Crippen LogP) is 2.35. The van der Waals surface area contributed by atoms with E-state index in [1.54, 1.807) is 0 Å². The topological polar surface area (TPSA) is 34.1 Å². The van der Waals surface area contributed by atoms with Gasteiger partial charge in [-0.3, -0.25) is 4.79 Å². The molecule has 0 saturated heterocycles. The Kier molecular flexibility index (Phi) is 3.30. The average molecular weight is 214 g/mol. The maximum Gasteiger partial charge on any atom is 0.137 e. The third kappa shape index (κ3) is 2.45. The van der Waals surface area contributed by atoms with E-state index in [0.717, 1.165) is 23.8 Å². The number of carbonyl (C=O) groups is 2. The Morgan fingerprint density at radius 2 is 2.06 bits per heavy atom. The van der Waals surface area contributed by atoms with Crippen LogP contribution in [0.2, 0.25) is 0 Å². The van der Waals surface area contributed by atoms with Gasteiger partial charge in [0.25, 0.3) is 0 Å². The summed E-state index contributed by atoms with van der Waals surface area (Å²) in [5.41, 5.74) is 3.53. The molecule has 0 fully saturated rings. The number of benzene rings is 1. The molecule has 2 rings (SSSR count). The Labute approximate surface area is 95.0 Å². The van der Waals surface area contributed by atoms with Gasteiger partial charge < -0.3 is 4.79 Å². The van der Waals surface area contributed by atoms with Crippen molar-refractivity contribution in [3.63, 3.8) is 0 Å².